The molecule has 0 bridgehead atoms. The van der Waals surface area contributed by atoms with Gasteiger partial charge in [-0.3, -0.25) is 14.4 Å². The van der Waals surface area contributed by atoms with Gasteiger partial charge in [0.15, 0.2) is 0 Å². The number of aliphatic hydroxyl groups is 1. The minimum atomic E-state index is -1.47. The molecule has 0 fully saturated rings. The van der Waals surface area contributed by atoms with E-state index in [0.717, 1.165) is 6.42 Å². The molecule has 11 nitrogen and oxygen atoms in total. The third kappa shape index (κ3) is 8.74. The van der Waals surface area contributed by atoms with E-state index in [1.54, 1.807) is 0 Å². The molecular weight excluding hydrogens is 346 g/mol. The minimum Gasteiger partial charge on any atom is -0.480 e. The van der Waals surface area contributed by atoms with E-state index in [-0.39, 0.29) is 0 Å². The van der Waals surface area contributed by atoms with Crippen molar-refractivity contribution in [3.63, 3.8) is 0 Å². The van der Waals surface area contributed by atoms with Crippen LogP contribution in [0.3, 0.4) is 0 Å². The number of carbonyl (C=O) groups is 4. The van der Waals surface area contributed by atoms with Crippen LogP contribution >= 0.6 is 0 Å². The van der Waals surface area contributed by atoms with Crippen molar-refractivity contribution < 1.29 is 29.4 Å². The van der Waals surface area contributed by atoms with Crippen molar-refractivity contribution in [1.29, 1.82) is 0 Å². The van der Waals surface area contributed by atoms with E-state index in [1.165, 1.54) is 13.8 Å². The van der Waals surface area contributed by atoms with Crippen LogP contribution in [0.1, 0.15) is 33.1 Å². The maximum Gasteiger partial charge on any atom is 0.328 e. The summed E-state index contributed by atoms with van der Waals surface area (Å²) < 4.78 is 0. The molecule has 0 heterocycles. The zero-order valence-electron chi connectivity index (χ0n) is 15.0. The highest BCUT2D eigenvalue weighted by Gasteiger charge is 2.25. The summed E-state index contributed by atoms with van der Waals surface area (Å²) in [4.78, 5) is 46.6. The van der Waals surface area contributed by atoms with Crippen LogP contribution in [-0.2, 0) is 19.2 Å². The van der Waals surface area contributed by atoms with Gasteiger partial charge in [-0.1, -0.05) is 6.42 Å². The fourth-order valence-electron chi connectivity index (χ4n) is 1.91. The molecule has 0 aromatic heterocycles. The van der Waals surface area contributed by atoms with E-state index in [4.69, 9.17) is 21.7 Å². The molecular formula is C15H29N5O6. The normalized spacial score (nSPS) is 15.3. The molecule has 0 aliphatic rings. The summed E-state index contributed by atoms with van der Waals surface area (Å²) >= 11 is 0. The maximum absolute atomic E-state index is 12.0. The molecule has 150 valence electrons. The largest absolute Gasteiger partial charge is 0.480 e. The SMILES string of the molecule is CC(NC(=O)C(N)CCCCN)C(=O)NC(C)C(=O)NC(CO)C(=O)O. The average molecular weight is 375 g/mol. The molecule has 11 heteroatoms. The molecule has 0 spiro atoms. The van der Waals surface area contributed by atoms with Gasteiger partial charge in [-0.05, 0) is 33.2 Å². The summed E-state index contributed by atoms with van der Waals surface area (Å²) in [6, 6.07) is -4.23. The second-order valence-corrected chi connectivity index (χ2v) is 5.93. The Bertz CT molecular complexity index is 501. The number of carbonyl (C=O) groups excluding carboxylic acids is 3. The quantitative estimate of drug-likeness (QED) is 0.175. The number of carboxylic acid groups (broad SMARTS) is 1. The van der Waals surface area contributed by atoms with Gasteiger partial charge in [0.1, 0.15) is 18.1 Å². The van der Waals surface area contributed by atoms with Crippen molar-refractivity contribution in [2.75, 3.05) is 13.2 Å². The van der Waals surface area contributed by atoms with E-state index < -0.39 is 54.5 Å². The number of hydrogen-bond acceptors (Lipinski definition) is 7. The fourth-order valence-corrected chi connectivity index (χ4v) is 1.91. The monoisotopic (exact) mass is 375 g/mol. The van der Waals surface area contributed by atoms with Crippen LogP contribution in [0.2, 0.25) is 0 Å². The molecule has 4 unspecified atom stereocenters. The van der Waals surface area contributed by atoms with E-state index >= 15 is 0 Å². The Kier molecular flexibility index (Phi) is 11.1. The fraction of sp³-hybridized carbons (Fsp3) is 0.733. The molecule has 3 amide bonds. The Morgan fingerprint density at radius 3 is 1.88 bits per heavy atom. The number of nitrogens with one attached hydrogen (secondary N) is 3. The molecule has 0 rings (SSSR count). The molecule has 0 aliphatic carbocycles. The molecule has 9 N–H and O–H groups in total. The number of aliphatic hydroxyl groups excluding tert-OH is 1. The molecule has 0 saturated carbocycles. The van der Waals surface area contributed by atoms with E-state index in [2.05, 4.69) is 16.0 Å². The molecule has 0 saturated heterocycles. The van der Waals surface area contributed by atoms with Gasteiger partial charge in [0.25, 0.3) is 0 Å². The third-order valence-corrected chi connectivity index (χ3v) is 3.61. The van der Waals surface area contributed by atoms with Crippen molar-refractivity contribution in [2.24, 2.45) is 11.5 Å². The van der Waals surface area contributed by atoms with E-state index in [9.17, 15) is 19.2 Å². The number of carboxylic acids is 1. The van der Waals surface area contributed by atoms with Crippen molar-refractivity contribution >= 4 is 23.7 Å². The number of unbranched alkanes of at least 4 members (excludes halogenated alkanes) is 1. The number of amides is 3. The summed E-state index contributed by atoms with van der Waals surface area (Å²) in [7, 11) is 0. The highest BCUT2D eigenvalue weighted by atomic mass is 16.4. The Morgan fingerprint density at radius 2 is 1.42 bits per heavy atom. The standard InChI is InChI=1S/C15H29N5O6/c1-8(19-14(24)10(17)5-3-4-6-16)12(22)18-9(2)13(23)20-11(7-21)15(25)26/h8-11,21H,3-7,16-17H2,1-2H3,(H,18,22)(H,19,24)(H,20,23)(H,25,26). The molecule has 26 heavy (non-hydrogen) atoms. The molecule has 0 aliphatic heterocycles. The Morgan fingerprint density at radius 1 is 0.923 bits per heavy atom. The zero-order valence-corrected chi connectivity index (χ0v) is 15.0. The lowest BCUT2D eigenvalue weighted by Crippen LogP contribution is -2.55. The van der Waals surface area contributed by atoms with Gasteiger partial charge in [-0.25, -0.2) is 4.79 Å². The van der Waals surface area contributed by atoms with Gasteiger partial charge in [-0.2, -0.15) is 0 Å². The summed E-state index contributed by atoms with van der Waals surface area (Å²) in [5.41, 5.74) is 11.1. The van der Waals surface area contributed by atoms with Crippen molar-refractivity contribution in [2.45, 2.75) is 57.3 Å². The summed E-state index contributed by atoms with van der Waals surface area (Å²) in [5.74, 6) is -3.31. The smallest absolute Gasteiger partial charge is 0.328 e. The first kappa shape index (κ1) is 23.8. The summed E-state index contributed by atoms with van der Waals surface area (Å²) in [6.07, 6.45) is 1.88. The lowest BCUT2D eigenvalue weighted by molar-refractivity contribution is -0.143. The van der Waals surface area contributed by atoms with Gasteiger partial charge < -0.3 is 37.6 Å². The lowest BCUT2D eigenvalue weighted by Gasteiger charge is -2.21. The van der Waals surface area contributed by atoms with Crippen LogP contribution in [0, 0.1) is 0 Å². The van der Waals surface area contributed by atoms with Crippen LogP contribution in [0.4, 0.5) is 0 Å². The second-order valence-electron chi connectivity index (χ2n) is 5.93. The second kappa shape index (κ2) is 12.2. The third-order valence-electron chi connectivity index (χ3n) is 3.61. The molecule has 4 atom stereocenters. The first-order valence-electron chi connectivity index (χ1n) is 8.34. The number of nitrogens with two attached hydrogens (primary N) is 2. The van der Waals surface area contributed by atoms with Gasteiger partial charge >= 0.3 is 5.97 Å². The van der Waals surface area contributed by atoms with E-state index in [0.29, 0.717) is 19.4 Å². The molecule has 0 aromatic rings. The number of rotatable bonds is 12. The van der Waals surface area contributed by atoms with Crippen LogP contribution in [0.5, 0.6) is 0 Å². The highest BCUT2D eigenvalue weighted by molar-refractivity contribution is 5.93. The topological polar surface area (TPSA) is 197 Å². The van der Waals surface area contributed by atoms with Crippen molar-refractivity contribution in [1.82, 2.24) is 16.0 Å². The minimum absolute atomic E-state index is 0.438. The highest BCUT2D eigenvalue weighted by Crippen LogP contribution is 1.99. The lowest BCUT2D eigenvalue weighted by atomic mass is 10.1. The Labute approximate surface area is 151 Å². The van der Waals surface area contributed by atoms with Gasteiger partial charge in [-0.15, -0.1) is 0 Å². The molecule has 0 aromatic carbocycles. The Hall–Kier alpha value is -2.24. The van der Waals surface area contributed by atoms with E-state index in [1.807, 2.05) is 0 Å². The molecule has 0 radical (unpaired) electrons. The number of aliphatic carboxylic acids is 1. The van der Waals surface area contributed by atoms with Crippen LogP contribution in [-0.4, -0.2) is 71.2 Å². The average Bonchev–Trinajstić information content (AvgIpc) is 2.58. The van der Waals surface area contributed by atoms with Crippen molar-refractivity contribution in [3.05, 3.63) is 0 Å². The number of hydrogen-bond donors (Lipinski definition) is 7. The van der Waals surface area contributed by atoms with Gasteiger partial charge in [0.2, 0.25) is 17.7 Å². The zero-order chi connectivity index (χ0) is 20.3. The first-order chi connectivity index (χ1) is 12.1. The summed E-state index contributed by atoms with van der Waals surface area (Å²) in [5, 5.41) is 24.5. The predicted molar refractivity (Wildman–Crippen MR) is 92.7 cm³/mol. The first-order valence-corrected chi connectivity index (χ1v) is 8.34. The Balaban J connectivity index is 4.45. The summed E-state index contributed by atoms with van der Waals surface area (Å²) in [6.45, 7) is 2.50. The van der Waals surface area contributed by atoms with Gasteiger partial charge in [0, 0.05) is 0 Å². The van der Waals surface area contributed by atoms with Crippen LogP contribution in [0.15, 0.2) is 0 Å². The van der Waals surface area contributed by atoms with Crippen LogP contribution < -0.4 is 27.4 Å². The predicted octanol–water partition coefficient (Wildman–Crippen LogP) is -2.99. The van der Waals surface area contributed by atoms with Crippen LogP contribution in [0.25, 0.3) is 0 Å². The maximum atomic E-state index is 12.0. The van der Waals surface area contributed by atoms with Crippen molar-refractivity contribution in [3.8, 4) is 0 Å². The van der Waals surface area contributed by atoms with Gasteiger partial charge in [0.05, 0.1) is 12.6 Å².